The Kier molecular flexibility index (Phi) is 6.11. The minimum atomic E-state index is -0.325. The van der Waals surface area contributed by atoms with Crippen LogP contribution in [0.5, 0.6) is 0 Å². The van der Waals surface area contributed by atoms with Gasteiger partial charge in [-0.15, -0.1) is 0 Å². The van der Waals surface area contributed by atoms with E-state index in [2.05, 4.69) is 16.0 Å². The van der Waals surface area contributed by atoms with Gasteiger partial charge in [-0.05, 0) is 56.2 Å². The number of amides is 3. The summed E-state index contributed by atoms with van der Waals surface area (Å²) in [5.74, 6) is -0.538. The third-order valence-corrected chi connectivity index (χ3v) is 3.48. The van der Waals surface area contributed by atoms with Crippen LogP contribution in [0.3, 0.4) is 0 Å². The molecule has 0 spiro atoms. The predicted molar refractivity (Wildman–Crippen MR) is 96.0 cm³/mol. The topological polar surface area (TPSA) is 70.2 Å². The van der Waals surface area contributed by atoms with Gasteiger partial charge in [-0.25, -0.2) is 9.18 Å². The van der Waals surface area contributed by atoms with E-state index in [0.29, 0.717) is 23.4 Å². The Hall–Kier alpha value is -2.89. The summed E-state index contributed by atoms with van der Waals surface area (Å²) in [4.78, 5) is 24.0. The Bertz CT molecular complexity index is 775. The molecule has 5 nitrogen and oxygen atoms in total. The zero-order valence-corrected chi connectivity index (χ0v) is 14.5. The van der Waals surface area contributed by atoms with Gasteiger partial charge in [0.25, 0.3) is 5.91 Å². The molecule has 2 rings (SSSR count). The molecule has 6 heteroatoms. The zero-order chi connectivity index (χ0) is 18.4. The number of hydrogen-bond acceptors (Lipinski definition) is 2. The summed E-state index contributed by atoms with van der Waals surface area (Å²) in [6, 6.07) is 11.1. The van der Waals surface area contributed by atoms with Crippen LogP contribution in [0.2, 0.25) is 0 Å². The predicted octanol–water partition coefficient (Wildman–Crippen LogP) is 3.59. The maximum atomic E-state index is 13.3. The van der Waals surface area contributed by atoms with E-state index in [-0.39, 0.29) is 23.8 Å². The summed E-state index contributed by atoms with van der Waals surface area (Å²) >= 11 is 0. The molecule has 2 aromatic rings. The molecule has 132 valence electrons. The van der Waals surface area contributed by atoms with E-state index in [1.165, 1.54) is 6.07 Å². The van der Waals surface area contributed by atoms with Crippen molar-refractivity contribution in [2.45, 2.75) is 33.4 Å². The standard InChI is InChI=1S/C19H22FN3O2/c1-12(2)22-19(25)23-16-6-4-5-15(10-16)18(24)21-11-14-7-8-17(20)13(3)9-14/h4-10,12H,11H2,1-3H3,(H,21,24)(H2,22,23,25). The maximum absolute atomic E-state index is 13.3. The van der Waals surface area contributed by atoms with Crippen molar-refractivity contribution in [2.75, 3.05) is 5.32 Å². The first-order valence-corrected chi connectivity index (χ1v) is 8.06. The Morgan fingerprint density at radius 3 is 2.56 bits per heavy atom. The maximum Gasteiger partial charge on any atom is 0.319 e. The molecule has 0 fully saturated rings. The Morgan fingerprint density at radius 1 is 1.12 bits per heavy atom. The molecule has 0 aliphatic rings. The van der Waals surface area contributed by atoms with Crippen LogP contribution in [-0.2, 0) is 6.54 Å². The molecule has 0 atom stereocenters. The van der Waals surface area contributed by atoms with Crippen LogP contribution in [0.4, 0.5) is 14.9 Å². The summed E-state index contributed by atoms with van der Waals surface area (Å²) in [5.41, 5.74) is 2.32. The fourth-order valence-electron chi connectivity index (χ4n) is 2.27. The number of nitrogens with one attached hydrogen (secondary N) is 3. The fourth-order valence-corrected chi connectivity index (χ4v) is 2.27. The lowest BCUT2D eigenvalue weighted by molar-refractivity contribution is 0.0951. The second-order valence-corrected chi connectivity index (χ2v) is 6.10. The van der Waals surface area contributed by atoms with Crippen molar-refractivity contribution < 1.29 is 14.0 Å². The number of carbonyl (C=O) groups is 2. The number of anilines is 1. The average molecular weight is 343 g/mol. The number of rotatable bonds is 5. The van der Waals surface area contributed by atoms with Crippen LogP contribution in [0.25, 0.3) is 0 Å². The van der Waals surface area contributed by atoms with Gasteiger partial charge in [-0.2, -0.15) is 0 Å². The van der Waals surface area contributed by atoms with E-state index < -0.39 is 0 Å². The highest BCUT2D eigenvalue weighted by Crippen LogP contribution is 2.12. The largest absolute Gasteiger partial charge is 0.348 e. The minimum Gasteiger partial charge on any atom is -0.348 e. The normalized spacial score (nSPS) is 10.4. The van der Waals surface area contributed by atoms with Gasteiger partial charge in [-0.1, -0.05) is 18.2 Å². The van der Waals surface area contributed by atoms with Crippen molar-refractivity contribution >= 4 is 17.6 Å². The summed E-state index contributed by atoms with van der Waals surface area (Å²) in [7, 11) is 0. The van der Waals surface area contributed by atoms with Crippen molar-refractivity contribution in [2.24, 2.45) is 0 Å². The van der Waals surface area contributed by atoms with E-state index in [1.54, 1.807) is 43.3 Å². The minimum absolute atomic E-state index is 0.0191. The molecule has 0 radical (unpaired) electrons. The summed E-state index contributed by atoms with van der Waals surface area (Å²) in [5, 5.41) is 8.18. The number of urea groups is 1. The molecule has 0 saturated carbocycles. The molecular weight excluding hydrogens is 321 g/mol. The van der Waals surface area contributed by atoms with Crippen LogP contribution in [-0.4, -0.2) is 18.0 Å². The lowest BCUT2D eigenvalue weighted by atomic mass is 10.1. The molecule has 2 aromatic carbocycles. The van der Waals surface area contributed by atoms with Gasteiger partial charge >= 0.3 is 6.03 Å². The van der Waals surface area contributed by atoms with E-state index in [9.17, 15) is 14.0 Å². The van der Waals surface area contributed by atoms with Crippen molar-refractivity contribution in [1.82, 2.24) is 10.6 Å². The van der Waals surface area contributed by atoms with E-state index in [4.69, 9.17) is 0 Å². The molecular formula is C19H22FN3O2. The number of benzene rings is 2. The highest BCUT2D eigenvalue weighted by atomic mass is 19.1. The average Bonchev–Trinajstić information content (AvgIpc) is 2.55. The molecule has 0 aliphatic carbocycles. The second kappa shape index (κ2) is 8.28. The lowest BCUT2D eigenvalue weighted by Gasteiger charge is -2.11. The van der Waals surface area contributed by atoms with Crippen LogP contribution in [0.15, 0.2) is 42.5 Å². The van der Waals surface area contributed by atoms with Gasteiger partial charge in [0.15, 0.2) is 0 Å². The Morgan fingerprint density at radius 2 is 1.88 bits per heavy atom. The first-order valence-electron chi connectivity index (χ1n) is 8.06. The van der Waals surface area contributed by atoms with E-state index >= 15 is 0 Å². The van der Waals surface area contributed by atoms with Gasteiger partial charge in [0.2, 0.25) is 0 Å². The third kappa shape index (κ3) is 5.60. The summed E-state index contributed by atoms with van der Waals surface area (Å²) in [6.45, 7) is 5.70. The van der Waals surface area contributed by atoms with Crippen LogP contribution in [0.1, 0.15) is 35.3 Å². The molecule has 0 bridgehead atoms. The van der Waals surface area contributed by atoms with Gasteiger partial charge in [0.1, 0.15) is 5.82 Å². The van der Waals surface area contributed by atoms with Crippen molar-refractivity contribution in [3.8, 4) is 0 Å². The highest BCUT2D eigenvalue weighted by molar-refractivity contribution is 5.96. The number of aryl methyl sites for hydroxylation is 1. The lowest BCUT2D eigenvalue weighted by Crippen LogP contribution is -2.34. The Balaban J connectivity index is 1.98. The fraction of sp³-hybridized carbons (Fsp3) is 0.263. The molecule has 0 saturated heterocycles. The van der Waals surface area contributed by atoms with Crippen molar-refractivity contribution in [3.63, 3.8) is 0 Å². The molecule has 0 heterocycles. The summed E-state index contributed by atoms with van der Waals surface area (Å²) < 4.78 is 13.3. The van der Waals surface area contributed by atoms with E-state index in [1.807, 2.05) is 13.8 Å². The van der Waals surface area contributed by atoms with Gasteiger partial charge in [0.05, 0.1) is 0 Å². The highest BCUT2D eigenvalue weighted by Gasteiger charge is 2.09. The summed E-state index contributed by atoms with van der Waals surface area (Å²) in [6.07, 6.45) is 0. The van der Waals surface area contributed by atoms with Gasteiger partial charge in [0, 0.05) is 23.8 Å². The van der Waals surface area contributed by atoms with Crippen LogP contribution < -0.4 is 16.0 Å². The SMILES string of the molecule is Cc1cc(CNC(=O)c2cccc(NC(=O)NC(C)C)c2)ccc1F. The first kappa shape index (κ1) is 18.4. The number of hydrogen-bond donors (Lipinski definition) is 3. The molecule has 0 unspecified atom stereocenters. The first-order chi connectivity index (χ1) is 11.8. The molecule has 25 heavy (non-hydrogen) atoms. The van der Waals surface area contributed by atoms with Gasteiger partial charge < -0.3 is 16.0 Å². The van der Waals surface area contributed by atoms with Gasteiger partial charge in [-0.3, -0.25) is 4.79 Å². The Labute approximate surface area is 146 Å². The smallest absolute Gasteiger partial charge is 0.319 e. The molecule has 3 amide bonds. The van der Waals surface area contributed by atoms with Crippen molar-refractivity contribution in [3.05, 3.63) is 65.0 Å². The monoisotopic (exact) mass is 343 g/mol. The zero-order valence-electron chi connectivity index (χ0n) is 14.5. The molecule has 0 aliphatic heterocycles. The molecule has 3 N–H and O–H groups in total. The number of halogens is 1. The molecule has 0 aromatic heterocycles. The third-order valence-electron chi connectivity index (χ3n) is 3.48. The van der Waals surface area contributed by atoms with E-state index in [0.717, 1.165) is 5.56 Å². The second-order valence-electron chi connectivity index (χ2n) is 6.10. The van der Waals surface area contributed by atoms with Crippen molar-refractivity contribution in [1.29, 1.82) is 0 Å². The number of carbonyl (C=O) groups excluding carboxylic acids is 2. The quantitative estimate of drug-likeness (QED) is 0.776. The van der Waals surface area contributed by atoms with Crippen LogP contribution >= 0.6 is 0 Å². The van der Waals surface area contributed by atoms with Crippen LogP contribution in [0, 0.1) is 12.7 Å².